The Bertz CT molecular complexity index is 648. The van der Waals surface area contributed by atoms with Gasteiger partial charge in [-0.15, -0.1) is 0 Å². The van der Waals surface area contributed by atoms with Crippen molar-refractivity contribution in [2.75, 3.05) is 24.6 Å². The molecule has 3 rings (SSSR count). The van der Waals surface area contributed by atoms with E-state index in [1.807, 2.05) is 48.5 Å². The zero-order valence-electron chi connectivity index (χ0n) is 13.6. The summed E-state index contributed by atoms with van der Waals surface area (Å²) in [7, 11) is 0. The molecule has 5 heteroatoms. The molecule has 2 aromatic carbocycles. The molecule has 0 spiro atoms. The number of anilines is 1. The Balaban J connectivity index is 1.52. The third-order valence-electron chi connectivity index (χ3n) is 4.33. The second-order valence-electron chi connectivity index (χ2n) is 6.03. The molecular formula is C19H23N3O2. The molecule has 2 amide bonds. The van der Waals surface area contributed by atoms with Crippen molar-refractivity contribution < 1.29 is 9.90 Å². The fraction of sp³-hybridized carbons (Fsp3) is 0.316. The molecule has 2 aromatic rings. The third-order valence-corrected chi connectivity index (χ3v) is 4.33. The van der Waals surface area contributed by atoms with E-state index in [4.69, 9.17) is 0 Å². The van der Waals surface area contributed by atoms with Crippen molar-refractivity contribution in [3.63, 3.8) is 0 Å². The van der Waals surface area contributed by atoms with Crippen LogP contribution in [0.4, 0.5) is 10.5 Å². The highest BCUT2D eigenvalue weighted by Crippen LogP contribution is 2.19. The molecule has 1 saturated heterocycles. The molecule has 3 N–H and O–H groups in total. The van der Waals surface area contributed by atoms with E-state index in [-0.39, 0.29) is 18.7 Å². The van der Waals surface area contributed by atoms with Gasteiger partial charge in [-0.1, -0.05) is 48.5 Å². The van der Waals surface area contributed by atoms with Crippen molar-refractivity contribution in [3.05, 3.63) is 66.2 Å². The second kappa shape index (κ2) is 7.84. The number of aliphatic hydroxyl groups excluding tert-OH is 1. The van der Waals surface area contributed by atoms with Crippen LogP contribution in [0.1, 0.15) is 18.0 Å². The van der Waals surface area contributed by atoms with Crippen LogP contribution in [0, 0.1) is 0 Å². The van der Waals surface area contributed by atoms with Crippen LogP contribution in [0.3, 0.4) is 0 Å². The van der Waals surface area contributed by atoms with Crippen LogP contribution in [0.5, 0.6) is 0 Å². The van der Waals surface area contributed by atoms with Crippen molar-refractivity contribution in [3.8, 4) is 0 Å². The minimum atomic E-state index is -0.391. The van der Waals surface area contributed by atoms with Gasteiger partial charge in [0.25, 0.3) is 0 Å². The van der Waals surface area contributed by atoms with Gasteiger partial charge in [-0.2, -0.15) is 0 Å². The number of urea groups is 1. The number of hydrogen-bond acceptors (Lipinski definition) is 3. The van der Waals surface area contributed by atoms with Gasteiger partial charge in [-0.25, -0.2) is 4.79 Å². The number of benzene rings is 2. The van der Waals surface area contributed by atoms with Gasteiger partial charge in [0.2, 0.25) is 0 Å². The van der Waals surface area contributed by atoms with E-state index in [1.165, 1.54) is 5.69 Å². The first-order chi connectivity index (χ1) is 11.8. The van der Waals surface area contributed by atoms with Crippen LogP contribution >= 0.6 is 0 Å². The Morgan fingerprint density at radius 1 is 1.12 bits per heavy atom. The maximum absolute atomic E-state index is 12.2. The molecule has 0 bridgehead atoms. The lowest BCUT2D eigenvalue weighted by molar-refractivity contribution is 0.214. The van der Waals surface area contributed by atoms with Gasteiger partial charge in [0.15, 0.2) is 0 Å². The monoisotopic (exact) mass is 325 g/mol. The highest BCUT2D eigenvalue weighted by atomic mass is 16.3. The fourth-order valence-electron chi connectivity index (χ4n) is 3.06. The van der Waals surface area contributed by atoms with Gasteiger partial charge in [0.1, 0.15) is 0 Å². The number of hydrogen-bond donors (Lipinski definition) is 3. The number of aliphatic hydroxyl groups is 1. The van der Waals surface area contributed by atoms with Crippen molar-refractivity contribution in [2.24, 2.45) is 0 Å². The lowest BCUT2D eigenvalue weighted by Crippen LogP contribution is -2.45. The van der Waals surface area contributed by atoms with Crippen LogP contribution < -0.4 is 15.5 Å². The summed E-state index contributed by atoms with van der Waals surface area (Å²) in [6, 6.07) is 19.2. The molecule has 2 unspecified atom stereocenters. The molecule has 24 heavy (non-hydrogen) atoms. The van der Waals surface area contributed by atoms with Gasteiger partial charge in [-0.3, -0.25) is 0 Å². The molecule has 0 radical (unpaired) electrons. The predicted octanol–water partition coefficient (Wildman–Crippen LogP) is 2.30. The van der Waals surface area contributed by atoms with E-state index in [2.05, 4.69) is 27.7 Å². The largest absolute Gasteiger partial charge is 0.394 e. The number of nitrogens with zero attached hydrogens (tertiary/aromatic N) is 1. The Morgan fingerprint density at radius 3 is 2.46 bits per heavy atom. The van der Waals surface area contributed by atoms with Crippen LogP contribution in [0.25, 0.3) is 0 Å². The number of carbonyl (C=O) groups is 1. The number of carbonyl (C=O) groups excluding carboxylic acids is 1. The smallest absolute Gasteiger partial charge is 0.315 e. The van der Waals surface area contributed by atoms with Crippen molar-refractivity contribution in [2.45, 2.75) is 18.5 Å². The fourth-order valence-corrected chi connectivity index (χ4v) is 3.06. The molecule has 0 aliphatic carbocycles. The van der Waals surface area contributed by atoms with Crippen LogP contribution in [-0.2, 0) is 0 Å². The van der Waals surface area contributed by atoms with E-state index >= 15 is 0 Å². The number of nitrogens with one attached hydrogen (secondary N) is 2. The second-order valence-corrected chi connectivity index (χ2v) is 6.03. The van der Waals surface area contributed by atoms with Crippen LogP contribution in [-0.4, -0.2) is 36.9 Å². The van der Waals surface area contributed by atoms with E-state index in [1.54, 1.807) is 0 Å². The van der Waals surface area contributed by atoms with Crippen LogP contribution in [0.15, 0.2) is 60.7 Å². The molecule has 126 valence electrons. The summed E-state index contributed by atoms with van der Waals surface area (Å²) in [6.45, 7) is 1.60. The predicted molar refractivity (Wildman–Crippen MR) is 95.0 cm³/mol. The normalized spacial score (nSPS) is 18.2. The van der Waals surface area contributed by atoms with Gasteiger partial charge in [0, 0.05) is 24.8 Å². The minimum Gasteiger partial charge on any atom is -0.394 e. The van der Waals surface area contributed by atoms with Gasteiger partial charge in [0.05, 0.1) is 12.6 Å². The zero-order chi connectivity index (χ0) is 16.8. The minimum absolute atomic E-state index is 0.111. The van der Waals surface area contributed by atoms with Crippen molar-refractivity contribution in [1.82, 2.24) is 10.6 Å². The third kappa shape index (κ3) is 4.06. The summed E-state index contributed by atoms with van der Waals surface area (Å²) in [4.78, 5) is 14.5. The van der Waals surface area contributed by atoms with E-state index in [0.29, 0.717) is 0 Å². The van der Waals surface area contributed by atoms with Gasteiger partial charge >= 0.3 is 6.03 Å². The first kappa shape index (κ1) is 16.3. The lowest BCUT2D eigenvalue weighted by atomic mass is 10.1. The van der Waals surface area contributed by atoms with E-state index in [0.717, 1.165) is 25.1 Å². The maximum Gasteiger partial charge on any atom is 0.315 e. The average molecular weight is 325 g/mol. The van der Waals surface area contributed by atoms with Gasteiger partial charge < -0.3 is 20.6 Å². The zero-order valence-corrected chi connectivity index (χ0v) is 13.6. The molecule has 2 atom stereocenters. The van der Waals surface area contributed by atoms with Gasteiger partial charge in [-0.05, 0) is 24.1 Å². The molecule has 0 aromatic heterocycles. The van der Waals surface area contributed by atoms with Crippen LogP contribution in [0.2, 0.25) is 0 Å². The quantitative estimate of drug-likeness (QED) is 0.790. The molecule has 1 fully saturated rings. The summed E-state index contributed by atoms with van der Waals surface area (Å²) in [5, 5.41) is 15.4. The number of rotatable bonds is 5. The summed E-state index contributed by atoms with van der Waals surface area (Å²) in [5.41, 5.74) is 2.08. The highest BCUT2D eigenvalue weighted by molar-refractivity contribution is 5.75. The Labute approximate surface area is 142 Å². The molecule has 1 aliphatic heterocycles. The molecular weight excluding hydrogens is 302 g/mol. The van der Waals surface area contributed by atoms with E-state index < -0.39 is 6.04 Å². The molecule has 0 saturated carbocycles. The summed E-state index contributed by atoms with van der Waals surface area (Å²) >= 11 is 0. The van der Waals surface area contributed by atoms with Crippen molar-refractivity contribution >= 4 is 11.7 Å². The lowest BCUT2D eigenvalue weighted by Gasteiger charge is -2.21. The standard InChI is InChI=1S/C19H23N3O2/c23-14-18(15-7-3-1-4-8-15)21-19(24)20-16-11-12-22(13-16)17-9-5-2-6-10-17/h1-10,16,18,23H,11-14H2,(H2,20,21,24). The Morgan fingerprint density at radius 2 is 1.79 bits per heavy atom. The van der Waals surface area contributed by atoms with E-state index in [9.17, 15) is 9.90 Å². The SMILES string of the molecule is O=C(NC1CCN(c2ccccc2)C1)NC(CO)c1ccccc1. The number of para-hydroxylation sites is 1. The molecule has 1 heterocycles. The summed E-state index contributed by atoms with van der Waals surface area (Å²) < 4.78 is 0. The maximum atomic E-state index is 12.2. The Kier molecular flexibility index (Phi) is 5.33. The molecule has 1 aliphatic rings. The first-order valence-corrected chi connectivity index (χ1v) is 8.29. The van der Waals surface area contributed by atoms with Crippen molar-refractivity contribution in [1.29, 1.82) is 0 Å². The highest BCUT2D eigenvalue weighted by Gasteiger charge is 2.24. The number of amides is 2. The molecule has 5 nitrogen and oxygen atoms in total. The summed E-state index contributed by atoms with van der Waals surface area (Å²) in [6.07, 6.45) is 0.914. The summed E-state index contributed by atoms with van der Waals surface area (Å²) in [5.74, 6) is 0. The first-order valence-electron chi connectivity index (χ1n) is 8.29. The average Bonchev–Trinajstić information content (AvgIpc) is 3.09. The Hall–Kier alpha value is -2.53. The topological polar surface area (TPSA) is 64.6 Å².